The van der Waals surface area contributed by atoms with Crippen molar-refractivity contribution in [2.24, 2.45) is 0 Å². The zero-order valence-corrected chi connectivity index (χ0v) is 14.7. The molecule has 0 amide bonds. The highest BCUT2D eigenvalue weighted by Gasteiger charge is 2.17. The summed E-state index contributed by atoms with van der Waals surface area (Å²) in [6.45, 7) is 0. The van der Waals surface area contributed by atoms with Crippen molar-refractivity contribution < 1.29 is 0 Å². The van der Waals surface area contributed by atoms with Gasteiger partial charge in [0.05, 0.1) is 11.0 Å². The standard InChI is InChI=1S/C22H15N3S/c1-2-6-16-15(5-1)13-23-24-22(16)25-18-8-4-3-7-17(18)20-19(25)10-9-14-11-12-26-21(14)20/h1-13,23-24H. The van der Waals surface area contributed by atoms with Crippen LogP contribution in [0.4, 0.5) is 0 Å². The first-order valence-electron chi connectivity index (χ1n) is 8.63. The second-order valence-corrected chi connectivity index (χ2v) is 7.42. The summed E-state index contributed by atoms with van der Waals surface area (Å²) in [6.07, 6.45) is 2.00. The molecule has 0 spiro atoms. The van der Waals surface area contributed by atoms with Crippen LogP contribution in [0, 0.1) is 0 Å². The molecule has 0 bridgehead atoms. The first kappa shape index (κ1) is 14.0. The molecule has 0 atom stereocenters. The molecule has 0 unspecified atom stereocenters. The maximum atomic E-state index is 3.38. The quantitative estimate of drug-likeness (QED) is 0.483. The van der Waals surface area contributed by atoms with Crippen molar-refractivity contribution in [1.82, 2.24) is 15.4 Å². The van der Waals surface area contributed by atoms with E-state index < -0.39 is 0 Å². The molecule has 3 heterocycles. The van der Waals surface area contributed by atoms with Crippen LogP contribution >= 0.6 is 11.3 Å². The number of thiophene rings is 1. The Hall–Kier alpha value is -3.24. The molecule has 0 radical (unpaired) electrons. The largest absolute Gasteiger partial charge is 0.306 e. The van der Waals surface area contributed by atoms with Crippen LogP contribution in [0.3, 0.4) is 0 Å². The van der Waals surface area contributed by atoms with E-state index in [9.17, 15) is 0 Å². The molecule has 5 aromatic rings. The fourth-order valence-electron chi connectivity index (χ4n) is 3.98. The lowest BCUT2D eigenvalue weighted by molar-refractivity contribution is 0.777. The molecular weight excluding hydrogens is 338 g/mol. The molecule has 26 heavy (non-hydrogen) atoms. The maximum absolute atomic E-state index is 3.38. The van der Waals surface area contributed by atoms with Gasteiger partial charge in [-0.2, -0.15) is 0 Å². The van der Waals surface area contributed by atoms with Gasteiger partial charge in [0.1, 0.15) is 5.82 Å². The zero-order valence-electron chi connectivity index (χ0n) is 13.9. The van der Waals surface area contributed by atoms with Crippen LogP contribution in [0.1, 0.15) is 0 Å². The number of hydrogen-bond donors (Lipinski definition) is 2. The van der Waals surface area contributed by atoms with E-state index in [1.54, 1.807) is 0 Å². The van der Waals surface area contributed by atoms with Crippen LogP contribution in [0.5, 0.6) is 0 Å². The predicted octanol–water partition coefficient (Wildman–Crippen LogP) is 3.47. The second kappa shape index (κ2) is 5.13. The molecular formula is C22H15N3S. The molecule has 4 heteroatoms. The van der Waals surface area contributed by atoms with Gasteiger partial charge in [-0.3, -0.25) is 9.99 Å². The molecule has 124 valence electrons. The van der Waals surface area contributed by atoms with Crippen LogP contribution in [0.2, 0.25) is 0 Å². The average molecular weight is 353 g/mol. The molecule has 1 aliphatic heterocycles. The number of fused-ring (bicyclic) bond motifs is 6. The van der Waals surface area contributed by atoms with Gasteiger partial charge in [-0.1, -0.05) is 48.5 Å². The summed E-state index contributed by atoms with van der Waals surface area (Å²) in [5, 5.41) is 8.48. The Labute approximate surface area is 153 Å². The molecule has 6 rings (SSSR count). The van der Waals surface area contributed by atoms with Crippen LogP contribution in [0.15, 0.2) is 72.1 Å². The summed E-state index contributed by atoms with van der Waals surface area (Å²) >= 11 is 1.81. The Balaban J connectivity index is 1.90. The van der Waals surface area contributed by atoms with Crippen molar-refractivity contribution >= 4 is 55.2 Å². The Morgan fingerprint density at radius 3 is 2.69 bits per heavy atom. The van der Waals surface area contributed by atoms with Crippen LogP contribution in [-0.2, 0) is 0 Å². The number of rotatable bonds is 1. The summed E-state index contributed by atoms with van der Waals surface area (Å²) in [5.74, 6) is 1.06. The molecule has 3 nitrogen and oxygen atoms in total. The first-order valence-corrected chi connectivity index (χ1v) is 9.51. The third-order valence-electron chi connectivity index (χ3n) is 5.11. The first-order chi connectivity index (χ1) is 12.9. The Morgan fingerprint density at radius 2 is 1.69 bits per heavy atom. The third-order valence-corrected chi connectivity index (χ3v) is 6.06. The molecule has 0 aliphatic carbocycles. The average Bonchev–Trinajstić information content (AvgIpc) is 3.29. The molecule has 3 aromatic carbocycles. The van der Waals surface area contributed by atoms with E-state index in [1.165, 1.54) is 42.3 Å². The SMILES string of the molecule is C1=c2ccccc2=C(n2c3ccccc3c3c4sccc4ccc32)NN1. The summed E-state index contributed by atoms with van der Waals surface area (Å²) in [6, 6.07) is 23.8. The summed E-state index contributed by atoms with van der Waals surface area (Å²) in [5.41, 5.74) is 9.03. The molecule has 2 aromatic heterocycles. The van der Waals surface area contributed by atoms with E-state index in [0.717, 1.165) is 5.82 Å². The molecule has 1 aliphatic rings. The minimum atomic E-state index is 1.06. The van der Waals surface area contributed by atoms with Crippen molar-refractivity contribution in [3.8, 4) is 0 Å². The van der Waals surface area contributed by atoms with Gasteiger partial charge in [0.15, 0.2) is 0 Å². The van der Waals surface area contributed by atoms with Crippen molar-refractivity contribution in [3.05, 3.63) is 82.5 Å². The summed E-state index contributed by atoms with van der Waals surface area (Å²) < 4.78 is 3.68. The van der Waals surface area contributed by atoms with Crippen LogP contribution < -0.4 is 21.3 Å². The van der Waals surface area contributed by atoms with Gasteiger partial charge >= 0.3 is 0 Å². The number of nitrogens with one attached hydrogen (secondary N) is 2. The minimum absolute atomic E-state index is 1.06. The van der Waals surface area contributed by atoms with E-state index in [2.05, 4.69) is 87.5 Å². The number of aromatic nitrogens is 1. The maximum Gasteiger partial charge on any atom is 0.137 e. The Bertz CT molecular complexity index is 1440. The fourth-order valence-corrected chi connectivity index (χ4v) is 4.94. The van der Waals surface area contributed by atoms with Crippen molar-refractivity contribution in [2.75, 3.05) is 0 Å². The summed E-state index contributed by atoms with van der Waals surface area (Å²) in [7, 11) is 0. The highest BCUT2D eigenvalue weighted by Crippen LogP contribution is 2.37. The van der Waals surface area contributed by atoms with Crippen LogP contribution in [-0.4, -0.2) is 4.57 Å². The normalized spacial score (nSPS) is 13.5. The Kier molecular flexibility index (Phi) is 2.76. The lowest BCUT2D eigenvalue weighted by Gasteiger charge is -2.18. The topological polar surface area (TPSA) is 29.0 Å². The highest BCUT2D eigenvalue weighted by atomic mass is 32.1. The van der Waals surface area contributed by atoms with E-state index in [0.29, 0.717) is 0 Å². The van der Waals surface area contributed by atoms with E-state index in [4.69, 9.17) is 0 Å². The van der Waals surface area contributed by atoms with E-state index in [1.807, 2.05) is 17.5 Å². The van der Waals surface area contributed by atoms with E-state index >= 15 is 0 Å². The molecule has 0 saturated carbocycles. The van der Waals surface area contributed by atoms with E-state index in [-0.39, 0.29) is 0 Å². The van der Waals surface area contributed by atoms with Crippen molar-refractivity contribution in [3.63, 3.8) is 0 Å². The summed E-state index contributed by atoms with van der Waals surface area (Å²) in [4.78, 5) is 0. The lowest BCUT2D eigenvalue weighted by Crippen LogP contribution is -2.45. The Morgan fingerprint density at radius 1 is 0.808 bits per heavy atom. The second-order valence-electron chi connectivity index (χ2n) is 6.50. The minimum Gasteiger partial charge on any atom is -0.306 e. The number of benzene rings is 3. The fraction of sp³-hybridized carbons (Fsp3) is 0. The number of hydrogen-bond acceptors (Lipinski definition) is 3. The smallest absolute Gasteiger partial charge is 0.137 e. The van der Waals surface area contributed by atoms with Crippen LogP contribution in [0.25, 0.3) is 43.9 Å². The number of nitrogens with zero attached hydrogens (tertiary/aromatic N) is 1. The van der Waals surface area contributed by atoms with Gasteiger partial charge in [0.25, 0.3) is 0 Å². The number of hydrazine groups is 1. The molecule has 2 N–H and O–H groups in total. The van der Waals surface area contributed by atoms with Gasteiger partial charge < -0.3 is 5.43 Å². The zero-order chi connectivity index (χ0) is 17.1. The number of para-hydroxylation sites is 1. The molecule has 0 fully saturated rings. The van der Waals surface area contributed by atoms with Crippen molar-refractivity contribution in [1.29, 1.82) is 0 Å². The van der Waals surface area contributed by atoms with Gasteiger partial charge in [0, 0.05) is 32.1 Å². The van der Waals surface area contributed by atoms with Gasteiger partial charge in [-0.05, 0) is 29.0 Å². The van der Waals surface area contributed by atoms with Gasteiger partial charge in [-0.25, -0.2) is 0 Å². The third kappa shape index (κ3) is 1.77. The van der Waals surface area contributed by atoms with Gasteiger partial charge in [0.2, 0.25) is 0 Å². The molecule has 0 saturated heterocycles. The predicted molar refractivity (Wildman–Crippen MR) is 110 cm³/mol. The van der Waals surface area contributed by atoms with Crippen molar-refractivity contribution in [2.45, 2.75) is 0 Å². The van der Waals surface area contributed by atoms with Gasteiger partial charge in [-0.15, -0.1) is 11.3 Å². The lowest BCUT2D eigenvalue weighted by atomic mass is 10.1. The monoisotopic (exact) mass is 353 g/mol. The highest BCUT2D eigenvalue weighted by molar-refractivity contribution is 7.18.